The summed E-state index contributed by atoms with van der Waals surface area (Å²) in [5.74, 6) is 1.31. The molecule has 0 fully saturated rings. The molecule has 0 saturated heterocycles. The van der Waals surface area contributed by atoms with Gasteiger partial charge in [-0.05, 0) is 24.1 Å². The van der Waals surface area contributed by atoms with Crippen molar-refractivity contribution in [3.63, 3.8) is 0 Å². The van der Waals surface area contributed by atoms with Gasteiger partial charge in [0.05, 0.1) is 17.2 Å². The number of rotatable bonds is 2. The summed E-state index contributed by atoms with van der Waals surface area (Å²) in [6.07, 6.45) is 4.18. The van der Waals surface area contributed by atoms with E-state index in [4.69, 9.17) is 0 Å². The molecule has 20 heavy (non-hydrogen) atoms. The third-order valence-corrected chi connectivity index (χ3v) is 3.86. The number of nitrogens with one attached hydrogen (secondary N) is 2. The standard InChI is InChI=1S/C14H14N6/c1-2-8-5-15-10-4-12-11(3-9(8)10)19-14(20-12)13-6-17-18-7-16-13/h3-4,6-8,15H,2,5H2,1H3,(H,19,20). The molecule has 3 heterocycles. The van der Waals surface area contributed by atoms with Gasteiger partial charge in [0.2, 0.25) is 0 Å². The molecule has 0 aliphatic carbocycles. The van der Waals surface area contributed by atoms with Crippen LogP contribution in [0.4, 0.5) is 5.69 Å². The van der Waals surface area contributed by atoms with Crippen LogP contribution in [-0.4, -0.2) is 31.7 Å². The van der Waals surface area contributed by atoms with Gasteiger partial charge in [0.1, 0.15) is 12.0 Å². The van der Waals surface area contributed by atoms with E-state index < -0.39 is 0 Å². The van der Waals surface area contributed by atoms with Crippen molar-refractivity contribution in [2.45, 2.75) is 19.3 Å². The molecule has 2 aromatic heterocycles. The number of aromatic amines is 1. The summed E-state index contributed by atoms with van der Waals surface area (Å²) in [5, 5.41) is 11.0. The molecule has 0 bridgehead atoms. The van der Waals surface area contributed by atoms with Gasteiger partial charge in [0.15, 0.2) is 5.82 Å². The van der Waals surface area contributed by atoms with Crippen molar-refractivity contribution in [3.05, 3.63) is 30.2 Å². The maximum atomic E-state index is 4.59. The molecule has 100 valence electrons. The van der Waals surface area contributed by atoms with Crippen molar-refractivity contribution in [3.8, 4) is 11.5 Å². The molecule has 3 aromatic rings. The van der Waals surface area contributed by atoms with Crippen molar-refractivity contribution in [1.82, 2.24) is 25.1 Å². The highest BCUT2D eigenvalue weighted by Gasteiger charge is 2.22. The number of hydrogen-bond acceptors (Lipinski definition) is 5. The van der Waals surface area contributed by atoms with E-state index in [1.165, 1.54) is 17.6 Å². The fourth-order valence-electron chi connectivity index (χ4n) is 2.75. The predicted octanol–water partition coefficient (Wildman–Crippen LogP) is 2.33. The number of H-pyrrole nitrogens is 1. The average Bonchev–Trinajstić information content (AvgIpc) is 3.08. The average molecular weight is 266 g/mol. The minimum absolute atomic E-state index is 0.585. The maximum absolute atomic E-state index is 4.59. The molecule has 1 atom stereocenters. The normalized spacial score (nSPS) is 17.1. The first-order valence-corrected chi connectivity index (χ1v) is 6.75. The monoisotopic (exact) mass is 266 g/mol. The molecule has 0 radical (unpaired) electrons. The van der Waals surface area contributed by atoms with Gasteiger partial charge < -0.3 is 10.3 Å². The molecule has 4 rings (SSSR count). The summed E-state index contributed by atoms with van der Waals surface area (Å²) in [5.41, 5.74) is 5.26. The second-order valence-electron chi connectivity index (χ2n) is 5.02. The van der Waals surface area contributed by atoms with E-state index in [9.17, 15) is 0 Å². The summed E-state index contributed by atoms with van der Waals surface area (Å²) in [7, 11) is 0. The first-order valence-electron chi connectivity index (χ1n) is 6.75. The zero-order valence-corrected chi connectivity index (χ0v) is 11.1. The first kappa shape index (κ1) is 11.3. The van der Waals surface area contributed by atoms with Gasteiger partial charge in [-0.2, -0.15) is 5.10 Å². The van der Waals surface area contributed by atoms with Gasteiger partial charge in [-0.3, -0.25) is 0 Å². The van der Waals surface area contributed by atoms with Crippen molar-refractivity contribution < 1.29 is 0 Å². The molecule has 0 spiro atoms. The van der Waals surface area contributed by atoms with Crippen molar-refractivity contribution in [1.29, 1.82) is 0 Å². The van der Waals surface area contributed by atoms with Gasteiger partial charge in [-0.25, -0.2) is 9.97 Å². The Labute approximate surface area is 115 Å². The smallest absolute Gasteiger partial charge is 0.158 e. The first-order chi connectivity index (χ1) is 9.85. The van der Waals surface area contributed by atoms with Crippen LogP contribution >= 0.6 is 0 Å². The summed E-state index contributed by atoms with van der Waals surface area (Å²) in [6, 6.07) is 4.30. The molecule has 1 unspecified atom stereocenters. The van der Waals surface area contributed by atoms with Crippen molar-refractivity contribution >= 4 is 16.7 Å². The fraction of sp³-hybridized carbons (Fsp3) is 0.286. The third kappa shape index (κ3) is 1.65. The van der Waals surface area contributed by atoms with Crippen LogP contribution in [0.5, 0.6) is 0 Å². The topological polar surface area (TPSA) is 79.4 Å². The summed E-state index contributed by atoms with van der Waals surface area (Å²) < 4.78 is 0. The number of fused-ring (bicyclic) bond motifs is 2. The lowest BCUT2D eigenvalue weighted by Gasteiger charge is -2.05. The molecule has 6 nitrogen and oxygen atoms in total. The Kier molecular flexibility index (Phi) is 2.42. The Morgan fingerprint density at radius 1 is 1.30 bits per heavy atom. The molecular formula is C14H14N6. The molecule has 1 aromatic carbocycles. The Hall–Kier alpha value is -2.50. The lowest BCUT2D eigenvalue weighted by Crippen LogP contribution is -1.99. The van der Waals surface area contributed by atoms with Gasteiger partial charge in [-0.1, -0.05) is 6.92 Å². The van der Waals surface area contributed by atoms with Crippen LogP contribution in [0.2, 0.25) is 0 Å². The Balaban J connectivity index is 1.85. The summed E-state index contributed by atoms with van der Waals surface area (Å²) >= 11 is 0. The second kappa shape index (κ2) is 4.26. The van der Waals surface area contributed by atoms with Gasteiger partial charge in [-0.15, -0.1) is 5.10 Å². The SMILES string of the molecule is CCC1CNc2cc3nc(-c4cnncn4)[nH]c3cc21. The second-order valence-corrected chi connectivity index (χ2v) is 5.02. The minimum atomic E-state index is 0.585. The third-order valence-electron chi connectivity index (χ3n) is 3.86. The molecule has 0 saturated carbocycles. The van der Waals surface area contributed by atoms with Crippen LogP contribution in [-0.2, 0) is 0 Å². The van der Waals surface area contributed by atoms with E-state index in [2.05, 4.69) is 49.5 Å². The summed E-state index contributed by atoms with van der Waals surface area (Å²) in [6.45, 7) is 3.23. The molecule has 0 amide bonds. The zero-order chi connectivity index (χ0) is 13.5. The number of anilines is 1. The lowest BCUT2D eigenvalue weighted by atomic mass is 9.98. The Morgan fingerprint density at radius 3 is 3.05 bits per heavy atom. The van der Waals surface area contributed by atoms with Crippen LogP contribution in [0, 0.1) is 0 Å². The molecular weight excluding hydrogens is 252 g/mol. The highest BCUT2D eigenvalue weighted by atomic mass is 15.1. The molecule has 1 aliphatic heterocycles. The van der Waals surface area contributed by atoms with Crippen LogP contribution in [0.1, 0.15) is 24.8 Å². The zero-order valence-electron chi connectivity index (χ0n) is 11.1. The number of hydrogen-bond donors (Lipinski definition) is 2. The highest BCUT2D eigenvalue weighted by Crippen LogP contribution is 2.36. The number of benzene rings is 1. The largest absolute Gasteiger partial charge is 0.384 e. The van der Waals surface area contributed by atoms with Gasteiger partial charge >= 0.3 is 0 Å². The number of imidazole rings is 1. The van der Waals surface area contributed by atoms with E-state index in [-0.39, 0.29) is 0 Å². The van der Waals surface area contributed by atoms with Crippen LogP contribution in [0.15, 0.2) is 24.7 Å². The van der Waals surface area contributed by atoms with E-state index >= 15 is 0 Å². The van der Waals surface area contributed by atoms with E-state index in [1.54, 1.807) is 6.20 Å². The van der Waals surface area contributed by atoms with Crippen molar-refractivity contribution in [2.24, 2.45) is 0 Å². The molecule has 1 aliphatic rings. The Morgan fingerprint density at radius 2 is 2.25 bits per heavy atom. The van der Waals surface area contributed by atoms with E-state index in [0.29, 0.717) is 11.6 Å². The van der Waals surface area contributed by atoms with Gasteiger partial charge in [0.25, 0.3) is 0 Å². The van der Waals surface area contributed by atoms with Crippen molar-refractivity contribution in [2.75, 3.05) is 11.9 Å². The molecule has 6 heteroatoms. The minimum Gasteiger partial charge on any atom is -0.384 e. The van der Waals surface area contributed by atoms with Crippen LogP contribution in [0.3, 0.4) is 0 Å². The van der Waals surface area contributed by atoms with Gasteiger partial charge in [0, 0.05) is 18.2 Å². The predicted molar refractivity (Wildman–Crippen MR) is 76.4 cm³/mol. The number of nitrogens with zero attached hydrogens (tertiary/aromatic N) is 4. The van der Waals surface area contributed by atoms with E-state index in [0.717, 1.165) is 29.8 Å². The van der Waals surface area contributed by atoms with E-state index in [1.807, 2.05) is 0 Å². The summed E-state index contributed by atoms with van der Waals surface area (Å²) in [4.78, 5) is 12.1. The quantitative estimate of drug-likeness (QED) is 0.744. The van der Waals surface area contributed by atoms with Crippen LogP contribution < -0.4 is 5.32 Å². The maximum Gasteiger partial charge on any atom is 0.158 e. The fourth-order valence-corrected chi connectivity index (χ4v) is 2.75. The lowest BCUT2D eigenvalue weighted by molar-refractivity contribution is 0.728. The molecule has 2 N–H and O–H groups in total. The Bertz CT molecular complexity index is 764. The highest BCUT2D eigenvalue weighted by molar-refractivity contribution is 5.85. The van der Waals surface area contributed by atoms with Crippen LogP contribution in [0.25, 0.3) is 22.6 Å². The number of aromatic nitrogens is 5.